The molecule has 0 radical (unpaired) electrons. The van der Waals surface area contributed by atoms with Crippen molar-refractivity contribution in [1.82, 2.24) is 15.4 Å². The summed E-state index contributed by atoms with van der Waals surface area (Å²) in [7, 11) is 0. The average Bonchev–Trinajstić information content (AvgIpc) is 2.60. The molecule has 23 heavy (non-hydrogen) atoms. The molecule has 0 aliphatic carbocycles. The number of pyridine rings is 1. The SMILES string of the molecule is O=C(NO)c1cnc2c(c1)CCN(C(=O)c1ccc(Cl)cc1)C2. The summed E-state index contributed by atoms with van der Waals surface area (Å²) in [5.41, 5.74) is 4.13. The van der Waals surface area contributed by atoms with Crippen molar-refractivity contribution in [2.75, 3.05) is 6.54 Å². The van der Waals surface area contributed by atoms with Crippen molar-refractivity contribution in [3.8, 4) is 0 Å². The third kappa shape index (κ3) is 3.18. The molecule has 1 aliphatic heterocycles. The minimum absolute atomic E-state index is 0.0775. The largest absolute Gasteiger partial charge is 0.332 e. The van der Waals surface area contributed by atoms with Crippen LogP contribution in [-0.4, -0.2) is 33.5 Å². The molecule has 7 heteroatoms. The Morgan fingerprint density at radius 2 is 1.96 bits per heavy atom. The number of carbonyl (C=O) groups excluding carboxylic acids is 2. The van der Waals surface area contributed by atoms with Crippen LogP contribution in [0.2, 0.25) is 5.02 Å². The molecule has 1 aliphatic rings. The minimum atomic E-state index is -0.597. The molecule has 2 aromatic rings. The van der Waals surface area contributed by atoms with Gasteiger partial charge in [0.1, 0.15) is 0 Å². The van der Waals surface area contributed by atoms with Gasteiger partial charge >= 0.3 is 0 Å². The topological polar surface area (TPSA) is 82.5 Å². The first-order valence-electron chi connectivity index (χ1n) is 7.05. The summed E-state index contributed by atoms with van der Waals surface area (Å²) < 4.78 is 0. The first-order chi connectivity index (χ1) is 11.1. The predicted molar refractivity (Wildman–Crippen MR) is 83.4 cm³/mol. The Labute approximate surface area is 137 Å². The lowest BCUT2D eigenvalue weighted by Crippen LogP contribution is -2.36. The van der Waals surface area contributed by atoms with Crippen LogP contribution >= 0.6 is 11.6 Å². The Bertz CT molecular complexity index is 762. The molecule has 0 fully saturated rings. The number of nitrogens with one attached hydrogen (secondary N) is 1. The highest BCUT2D eigenvalue weighted by Gasteiger charge is 2.23. The zero-order chi connectivity index (χ0) is 16.4. The van der Waals surface area contributed by atoms with Crippen LogP contribution in [0.5, 0.6) is 0 Å². The Morgan fingerprint density at radius 3 is 2.65 bits per heavy atom. The normalized spacial score (nSPS) is 13.4. The number of nitrogens with zero attached hydrogens (tertiary/aromatic N) is 2. The molecule has 0 spiro atoms. The van der Waals surface area contributed by atoms with Crippen molar-refractivity contribution >= 4 is 23.4 Å². The number of rotatable bonds is 2. The van der Waals surface area contributed by atoms with Crippen LogP contribution in [0.15, 0.2) is 36.5 Å². The van der Waals surface area contributed by atoms with Gasteiger partial charge in [-0.05, 0) is 42.3 Å². The van der Waals surface area contributed by atoms with Crippen LogP contribution in [0.25, 0.3) is 0 Å². The van der Waals surface area contributed by atoms with Crippen LogP contribution in [0.1, 0.15) is 32.0 Å². The van der Waals surface area contributed by atoms with Crippen LogP contribution < -0.4 is 5.48 Å². The van der Waals surface area contributed by atoms with Gasteiger partial charge in [-0.1, -0.05) is 11.6 Å². The smallest absolute Gasteiger partial charge is 0.276 e. The van der Waals surface area contributed by atoms with E-state index in [9.17, 15) is 9.59 Å². The Kier molecular flexibility index (Phi) is 4.27. The Morgan fingerprint density at radius 1 is 1.22 bits per heavy atom. The monoisotopic (exact) mass is 331 g/mol. The minimum Gasteiger partial charge on any atom is -0.332 e. The zero-order valence-electron chi connectivity index (χ0n) is 12.1. The number of benzene rings is 1. The molecule has 1 aromatic carbocycles. The van der Waals surface area contributed by atoms with E-state index in [4.69, 9.17) is 16.8 Å². The summed E-state index contributed by atoms with van der Waals surface area (Å²) >= 11 is 5.84. The van der Waals surface area contributed by atoms with E-state index in [-0.39, 0.29) is 5.91 Å². The molecule has 0 unspecified atom stereocenters. The number of hydrogen-bond acceptors (Lipinski definition) is 4. The van der Waals surface area contributed by atoms with Crippen LogP contribution in [-0.2, 0) is 13.0 Å². The third-order valence-corrected chi connectivity index (χ3v) is 4.05. The summed E-state index contributed by atoms with van der Waals surface area (Å²) in [5.74, 6) is -0.675. The van der Waals surface area contributed by atoms with E-state index >= 15 is 0 Å². The highest BCUT2D eigenvalue weighted by molar-refractivity contribution is 6.30. The van der Waals surface area contributed by atoms with Gasteiger partial charge in [-0.3, -0.25) is 19.8 Å². The molecule has 1 aromatic heterocycles. The molecular weight excluding hydrogens is 318 g/mol. The van der Waals surface area contributed by atoms with Gasteiger partial charge in [0.15, 0.2) is 0 Å². The molecule has 0 atom stereocenters. The maximum absolute atomic E-state index is 12.5. The highest BCUT2D eigenvalue weighted by Crippen LogP contribution is 2.20. The number of aromatic nitrogens is 1. The highest BCUT2D eigenvalue weighted by atomic mass is 35.5. The number of hydroxylamine groups is 1. The van der Waals surface area contributed by atoms with Gasteiger partial charge < -0.3 is 4.90 Å². The van der Waals surface area contributed by atoms with Gasteiger partial charge in [0.2, 0.25) is 0 Å². The molecule has 0 saturated carbocycles. The van der Waals surface area contributed by atoms with Gasteiger partial charge in [0.05, 0.1) is 17.8 Å². The van der Waals surface area contributed by atoms with Gasteiger partial charge in [0.25, 0.3) is 11.8 Å². The van der Waals surface area contributed by atoms with E-state index in [1.165, 1.54) is 6.20 Å². The Balaban J connectivity index is 1.79. The van der Waals surface area contributed by atoms with Crippen molar-refractivity contribution < 1.29 is 14.8 Å². The van der Waals surface area contributed by atoms with E-state index in [1.807, 2.05) is 0 Å². The zero-order valence-corrected chi connectivity index (χ0v) is 12.9. The lowest BCUT2D eigenvalue weighted by atomic mass is 10.0. The van der Waals surface area contributed by atoms with Gasteiger partial charge in [-0.2, -0.15) is 0 Å². The van der Waals surface area contributed by atoms with Gasteiger partial charge in [-0.25, -0.2) is 5.48 Å². The third-order valence-electron chi connectivity index (χ3n) is 3.79. The van der Waals surface area contributed by atoms with E-state index in [0.29, 0.717) is 35.7 Å². The summed E-state index contributed by atoms with van der Waals surface area (Å²) in [6.07, 6.45) is 1.99. The molecule has 6 nitrogen and oxygen atoms in total. The molecule has 2 amide bonds. The van der Waals surface area contributed by atoms with Crippen molar-refractivity contribution in [1.29, 1.82) is 0 Å². The fourth-order valence-corrected chi connectivity index (χ4v) is 2.68. The summed E-state index contributed by atoms with van der Waals surface area (Å²) in [6, 6.07) is 8.46. The van der Waals surface area contributed by atoms with E-state index in [1.54, 1.807) is 40.7 Å². The average molecular weight is 332 g/mol. The second kappa shape index (κ2) is 6.36. The number of hydrogen-bond donors (Lipinski definition) is 2. The second-order valence-corrected chi connectivity index (χ2v) is 5.69. The first kappa shape index (κ1) is 15.5. The quantitative estimate of drug-likeness (QED) is 0.652. The fourth-order valence-electron chi connectivity index (χ4n) is 2.55. The van der Waals surface area contributed by atoms with Crippen LogP contribution in [0, 0.1) is 0 Å². The number of amides is 2. The maximum Gasteiger partial charge on any atom is 0.276 e. The second-order valence-electron chi connectivity index (χ2n) is 5.25. The summed E-state index contributed by atoms with van der Waals surface area (Å²) in [4.78, 5) is 29.9. The van der Waals surface area contributed by atoms with E-state index in [0.717, 1.165) is 11.3 Å². The summed E-state index contributed by atoms with van der Waals surface area (Å²) in [6.45, 7) is 0.929. The molecular formula is C16H14ClN3O3. The van der Waals surface area contributed by atoms with Crippen molar-refractivity contribution in [2.45, 2.75) is 13.0 Å². The van der Waals surface area contributed by atoms with Crippen molar-refractivity contribution in [3.63, 3.8) is 0 Å². The fraction of sp³-hybridized carbons (Fsp3) is 0.188. The number of halogens is 1. The lowest BCUT2D eigenvalue weighted by molar-refractivity contribution is 0.0701. The standard InChI is InChI=1S/C16H14ClN3O3/c17-13-3-1-10(2-4-13)16(22)20-6-5-11-7-12(15(21)19-23)8-18-14(11)9-20/h1-4,7-8,23H,5-6,9H2,(H,19,21). The van der Waals surface area contributed by atoms with E-state index < -0.39 is 5.91 Å². The summed E-state index contributed by atoms with van der Waals surface area (Å²) in [5, 5.41) is 9.25. The van der Waals surface area contributed by atoms with Crippen molar-refractivity contribution in [2.24, 2.45) is 0 Å². The molecule has 118 valence electrons. The Hall–Kier alpha value is -2.44. The molecule has 0 bridgehead atoms. The number of fused-ring (bicyclic) bond motifs is 1. The molecule has 2 N–H and O–H groups in total. The van der Waals surface area contributed by atoms with Gasteiger partial charge in [0, 0.05) is 23.3 Å². The number of carbonyl (C=O) groups is 2. The first-order valence-corrected chi connectivity index (χ1v) is 7.43. The lowest BCUT2D eigenvalue weighted by Gasteiger charge is -2.28. The molecule has 0 saturated heterocycles. The van der Waals surface area contributed by atoms with Gasteiger partial charge in [-0.15, -0.1) is 0 Å². The van der Waals surface area contributed by atoms with Crippen molar-refractivity contribution in [3.05, 3.63) is 63.9 Å². The predicted octanol–water partition coefficient (Wildman–Crippen LogP) is 2.05. The van der Waals surface area contributed by atoms with Crippen LogP contribution in [0.4, 0.5) is 0 Å². The molecule has 3 rings (SSSR count). The van der Waals surface area contributed by atoms with E-state index in [2.05, 4.69) is 4.98 Å². The maximum atomic E-state index is 12.5. The molecule has 2 heterocycles. The van der Waals surface area contributed by atoms with Crippen LogP contribution in [0.3, 0.4) is 0 Å².